The molecule has 3 aromatic carbocycles. The molecule has 4 aromatic rings. The minimum absolute atomic E-state index is 0. The van der Waals surface area contributed by atoms with Crippen LogP contribution < -0.4 is 5.73 Å². The van der Waals surface area contributed by atoms with Gasteiger partial charge in [0.05, 0.1) is 18.1 Å². The number of amides is 1. The Balaban J connectivity index is 0.00000370. The van der Waals surface area contributed by atoms with Crippen LogP contribution in [0.25, 0.3) is 0 Å². The number of imidazole rings is 1. The third-order valence-electron chi connectivity index (χ3n) is 8.04. The summed E-state index contributed by atoms with van der Waals surface area (Å²) in [5.41, 5.74) is 12.8. The molecule has 40 heavy (non-hydrogen) atoms. The number of halogens is 1. The van der Waals surface area contributed by atoms with Crippen molar-refractivity contribution in [2.75, 3.05) is 13.1 Å². The fraction of sp³-hybridized carbons (Fsp3) is 0.294. The maximum Gasteiger partial charge on any atom is 0.239 e. The Morgan fingerprint density at radius 3 is 1.90 bits per heavy atom. The van der Waals surface area contributed by atoms with Gasteiger partial charge in [-0.2, -0.15) is 0 Å². The molecule has 1 aliphatic rings. The molecular weight excluding hydrogens is 516 g/mol. The minimum atomic E-state index is -0.578. The van der Waals surface area contributed by atoms with Gasteiger partial charge in [0.2, 0.25) is 5.91 Å². The first-order valence-corrected chi connectivity index (χ1v) is 13.9. The van der Waals surface area contributed by atoms with Crippen LogP contribution in [-0.4, -0.2) is 39.5 Å². The number of benzene rings is 3. The molecule has 0 radical (unpaired) electrons. The zero-order chi connectivity index (χ0) is 27.2. The molecule has 0 spiro atoms. The Kier molecular flexibility index (Phi) is 9.62. The lowest BCUT2D eigenvalue weighted by Crippen LogP contribution is -2.45. The third kappa shape index (κ3) is 5.77. The molecule has 0 saturated carbocycles. The van der Waals surface area contributed by atoms with Gasteiger partial charge in [0, 0.05) is 18.8 Å². The lowest BCUT2D eigenvalue weighted by molar-refractivity contribution is -0.132. The fourth-order valence-electron chi connectivity index (χ4n) is 5.80. The van der Waals surface area contributed by atoms with Crippen molar-refractivity contribution in [3.63, 3.8) is 0 Å². The number of carbonyl (C=O) groups excluding carboxylic acids is 1. The summed E-state index contributed by atoms with van der Waals surface area (Å²) < 4.78 is 2.32. The molecule has 5 nitrogen and oxygen atoms in total. The molecule has 0 bridgehead atoms. The molecule has 1 aromatic heterocycles. The highest BCUT2D eigenvalue weighted by Crippen LogP contribution is 2.41. The van der Waals surface area contributed by atoms with Gasteiger partial charge in [-0.3, -0.25) is 4.79 Å². The Morgan fingerprint density at radius 1 is 0.900 bits per heavy atom. The van der Waals surface area contributed by atoms with Crippen LogP contribution in [0.5, 0.6) is 0 Å². The maximum absolute atomic E-state index is 12.9. The van der Waals surface area contributed by atoms with Crippen molar-refractivity contribution >= 4 is 18.3 Å². The van der Waals surface area contributed by atoms with Crippen LogP contribution in [0.2, 0.25) is 0 Å². The second-order valence-corrected chi connectivity index (χ2v) is 10.5. The Bertz CT molecular complexity index is 1320. The zero-order valence-electron chi connectivity index (χ0n) is 23.4. The van der Waals surface area contributed by atoms with E-state index in [1.807, 2.05) is 11.2 Å². The fourth-order valence-corrected chi connectivity index (χ4v) is 5.80. The van der Waals surface area contributed by atoms with E-state index < -0.39 is 11.6 Å². The van der Waals surface area contributed by atoms with E-state index in [0.29, 0.717) is 13.0 Å². The van der Waals surface area contributed by atoms with Gasteiger partial charge in [-0.15, -0.1) is 12.4 Å². The highest BCUT2D eigenvalue weighted by molar-refractivity contribution is 5.85. The van der Waals surface area contributed by atoms with Gasteiger partial charge in [0.15, 0.2) is 0 Å². The molecule has 0 aliphatic carbocycles. The van der Waals surface area contributed by atoms with Gasteiger partial charge in [0.25, 0.3) is 0 Å². The van der Waals surface area contributed by atoms with Crippen molar-refractivity contribution in [3.05, 3.63) is 137 Å². The van der Waals surface area contributed by atoms with Crippen LogP contribution in [0.1, 0.15) is 54.3 Å². The monoisotopic (exact) mass is 554 g/mol. The molecular formula is C34H39ClN4O. The van der Waals surface area contributed by atoms with Gasteiger partial charge in [-0.25, -0.2) is 4.98 Å². The minimum Gasteiger partial charge on any atom is -0.337 e. The number of aryl methyl sites for hydroxylation is 1. The first-order chi connectivity index (χ1) is 19.0. The molecule has 208 valence electrons. The standard InChI is InChI=1S/C34H38N4O.ClH/c1-26-21-23-37(24-22-26)33(39)31(35)19-12-20-32-27(2)38(25-36-32)34(28-13-6-3-7-14-28,29-15-8-4-9-16-29)30-17-10-5-11-18-30;/h3-11,13-18,21,25,31H,12,19-20,22-24,35H2,1-2H3;1H/t31-;/m0./s1. The molecule has 0 unspecified atom stereocenters. The number of nitrogens with two attached hydrogens (primary N) is 1. The molecule has 0 fully saturated rings. The van der Waals surface area contributed by atoms with E-state index in [2.05, 4.69) is 115 Å². The summed E-state index contributed by atoms with van der Waals surface area (Å²) >= 11 is 0. The predicted octanol–water partition coefficient (Wildman–Crippen LogP) is 6.28. The number of hydrogen-bond donors (Lipinski definition) is 1. The van der Waals surface area contributed by atoms with Crippen molar-refractivity contribution in [1.29, 1.82) is 0 Å². The molecule has 5 rings (SSSR count). The third-order valence-corrected chi connectivity index (χ3v) is 8.04. The second-order valence-electron chi connectivity index (χ2n) is 10.5. The summed E-state index contributed by atoms with van der Waals surface area (Å²) in [7, 11) is 0. The second kappa shape index (κ2) is 13.1. The van der Waals surface area contributed by atoms with Crippen LogP contribution in [-0.2, 0) is 16.8 Å². The Morgan fingerprint density at radius 2 is 1.43 bits per heavy atom. The topological polar surface area (TPSA) is 64.2 Å². The number of aromatic nitrogens is 2. The van der Waals surface area contributed by atoms with Crippen LogP contribution in [0, 0.1) is 6.92 Å². The highest BCUT2D eigenvalue weighted by atomic mass is 35.5. The molecule has 1 aliphatic heterocycles. The first kappa shape index (κ1) is 29.3. The SMILES string of the molecule is CC1=CCN(C(=O)[C@@H](N)CCCc2ncn(C(c3ccccc3)(c3ccccc3)c3ccccc3)c2C)CC1.Cl. The van der Waals surface area contributed by atoms with Gasteiger partial charge in [0.1, 0.15) is 5.54 Å². The van der Waals surface area contributed by atoms with E-state index in [0.717, 1.165) is 37.2 Å². The molecule has 2 heterocycles. The van der Waals surface area contributed by atoms with E-state index >= 15 is 0 Å². The van der Waals surface area contributed by atoms with Crippen molar-refractivity contribution in [2.45, 2.75) is 51.1 Å². The normalized spacial score (nSPS) is 14.3. The average molecular weight is 555 g/mol. The van der Waals surface area contributed by atoms with Gasteiger partial charge >= 0.3 is 0 Å². The number of rotatable bonds is 9. The molecule has 1 atom stereocenters. The number of carbonyl (C=O) groups is 1. The smallest absolute Gasteiger partial charge is 0.239 e. The van der Waals surface area contributed by atoms with Gasteiger partial charge < -0.3 is 15.2 Å². The number of nitrogens with zero attached hydrogens (tertiary/aromatic N) is 3. The summed E-state index contributed by atoms with van der Waals surface area (Å²) in [5, 5.41) is 0. The van der Waals surface area contributed by atoms with Crippen molar-refractivity contribution in [3.8, 4) is 0 Å². The summed E-state index contributed by atoms with van der Waals surface area (Å²) in [5.74, 6) is 0.0530. The maximum atomic E-state index is 12.9. The molecule has 1 amide bonds. The van der Waals surface area contributed by atoms with E-state index in [1.54, 1.807) is 0 Å². The zero-order valence-corrected chi connectivity index (χ0v) is 24.2. The van der Waals surface area contributed by atoms with Crippen molar-refractivity contribution in [2.24, 2.45) is 5.73 Å². The molecule has 2 N–H and O–H groups in total. The first-order valence-electron chi connectivity index (χ1n) is 13.9. The van der Waals surface area contributed by atoms with Crippen LogP contribution in [0.15, 0.2) is 109 Å². The van der Waals surface area contributed by atoms with Crippen molar-refractivity contribution in [1.82, 2.24) is 14.5 Å². The van der Waals surface area contributed by atoms with Crippen molar-refractivity contribution < 1.29 is 4.79 Å². The Hall–Kier alpha value is -3.67. The highest BCUT2D eigenvalue weighted by Gasteiger charge is 2.39. The summed E-state index contributed by atoms with van der Waals surface area (Å²) in [6.07, 6.45) is 7.26. The molecule has 6 heteroatoms. The predicted molar refractivity (Wildman–Crippen MR) is 165 cm³/mol. The largest absolute Gasteiger partial charge is 0.337 e. The lowest BCUT2D eigenvalue weighted by Gasteiger charge is -2.38. The van der Waals surface area contributed by atoms with Crippen LogP contribution >= 0.6 is 12.4 Å². The summed E-state index contributed by atoms with van der Waals surface area (Å²) in [6.45, 7) is 5.70. The average Bonchev–Trinajstić information content (AvgIpc) is 3.35. The van der Waals surface area contributed by atoms with Crippen LogP contribution in [0.4, 0.5) is 0 Å². The van der Waals surface area contributed by atoms with Gasteiger partial charge in [-0.05, 0) is 56.2 Å². The van der Waals surface area contributed by atoms with E-state index in [-0.39, 0.29) is 18.3 Å². The van der Waals surface area contributed by atoms with Crippen LogP contribution in [0.3, 0.4) is 0 Å². The Labute approximate surface area is 244 Å². The molecule has 0 saturated heterocycles. The quantitative estimate of drug-likeness (QED) is 0.195. The van der Waals surface area contributed by atoms with E-state index in [4.69, 9.17) is 10.7 Å². The van der Waals surface area contributed by atoms with Gasteiger partial charge in [-0.1, -0.05) is 103 Å². The summed E-state index contributed by atoms with van der Waals surface area (Å²) in [4.78, 5) is 19.7. The lowest BCUT2D eigenvalue weighted by atomic mass is 9.76. The van der Waals surface area contributed by atoms with E-state index in [1.165, 1.54) is 22.3 Å². The summed E-state index contributed by atoms with van der Waals surface area (Å²) in [6, 6.07) is 31.5. The van der Waals surface area contributed by atoms with E-state index in [9.17, 15) is 4.79 Å². The number of hydrogen-bond acceptors (Lipinski definition) is 3.